The highest BCUT2D eigenvalue weighted by atomic mass is 19.2. The summed E-state index contributed by atoms with van der Waals surface area (Å²) in [6.45, 7) is 2.07. The fraction of sp³-hybridized carbons (Fsp3) is 0.429. The van der Waals surface area contributed by atoms with Gasteiger partial charge in [0.05, 0.1) is 0 Å². The molecule has 0 aliphatic rings. The molecule has 68 valence electrons. The molecule has 0 spiro atoms. The molecule has 5 heteroatoms. The monoisotopic (exact) mass is 180 g/mol. The van der Waals surface area contributed by atoms with Crippen molar-refractivity contribution >= 4 is 7.85 Å². The van der Waals surface area contributed by atoms with Crippen molar-refractivity contribution in [2.75, 3.05) is 0 Å². The van der Waals surface area contributed by atoms with Gasteiger partial charge in [0.1, 0.15) is 19.5 Å². The molecule has 1 atom stereocenters. The Bertz CT molecular complexity index is 226. The number of rotatable bonds is 2. The summed E-state index contributed by atoms with van der Waals surface area (Å²) in [4.78, 5) is 0. The molecule has 0 bridgehead atoms. The molecule has 0 saturated heterocycles. The lowest BCUT2D eigenvalue weighted by atomic mass is 9.88. The van der Waals surface area contributed by atoms with Gasteiger partial charge in [-0.25, -0.2) is 17.6 Å². The standard InChI is InChI=1S/C7H9BF4/c1-3(8)5(10)7(12)6(11)4(2)9/h3H,8H2,1-2H3/b6-4-,7-5-. The van der Waals surface area contributed by atoms with Crippen LogP contribution >= 0.6 is 0 Å². The Labute approximate surface area is 69.4 Å². The van der Waals surface area contributed by atoms with Gasteiger partial charge in [-0.1, -0.05) is 6.92 Å². The summed E-state index contributed by atoms with van der Waals surface area (Å²) in [6, 6.07) is 0. The van der Waals surface area contributed by atoms with Crippen molar-refractivity contribution in [3.63, 3.8) is 0 Å². The second-order valence-electron chi connectivity index (χ2n) is 2.66. The highest BCUT2D eigenvalue weighted by molar-refractivity contribution is 6.13. The van der Waals surface area contributed by atoms with E-state index in [2.05, 4.69) is 0 Å². The smallest absolute Gasteiger partial charge is 0.192 e. The second kappa shape index (κ2) is 4.33. The Morgan fingerprint density at radius 2 is 1.50 bits per heavy atom. The zero-order valence-corrected chi connectivity index (χ0v) is 7.09. The SMILES string of the molecule is BC(C)/C(F)=C(F)\C(F)=C(/C)F. The van der Waals surface area contributed by atoms with Gasteiger partial charge >= 0.3 is 0 Å². The molecule has 0 aromatic heterocycles. The minimum atomic E-state index is -1.76. The summed E-state index contributed by atoms with van der Waals surface area (Å²) >= 11 is 0. The number of hydrogen-bond acceptors (Lipinski definition) is 0. The van der Waals surface area contributed by atoms with Gasteiger partial charge in [0, 0.05) is 0 Å². The van der Waals surface area contributed by atoms with Crippen LogP contribution in [0.2, 0.25) is 5.82 Å². The lowest BCUT2D eigenvalue weighted by Gasteiger charge is -2.01. The highest BCUT2D eigenvalue weighted by Crippen LogP contribution is 2.27. The van der Waals surface area contributed by atoms with Crippen molar-refractivity contribution in [1.29, 1.82) is 0 Å². The molecule has 0 saturated carbocycles. The third kappa shape index (κ3) is 2.72. The largest absolute Gasteiger partial charge is 0.209 e. The van der Waals surface area contributed by atoms with E-state index in [9.17, 15) is 17.6 Å². The third-order valence-electron chi connectivity index (χ3n) is 1.21. The van der Waals surface area contributed by atoms with Crippen molar-refractivity contribution in [2.45, 2.75) is 19.7 Å². The molecular weight excluding hydrogens is 171 g/mol. The van der Waals surface area contributed by atoms with Gasteiger partial charge in [0.2, 0.25) is 0 Å². The number of allylic oxidation sites excluding steroid dienone is 4. The van der Waals surface area contributed by atoms with Gasteiger partial charge in [-0.2, -0.15) is 0 Å². The molecule has 0 nitrogen and oxygen atoms in total. The first-order valence-corrected chi connectivity index (χ1v) is 3.45. The van der Waals surface area contributed by atoms with Gasteiger partial charge in [-0.15, -0.1) is 0 Å². The van der Waals surface area contributed by atoms with Gasteiger partial charge in [-0.3, -0.25) is 0 Å². The molecule has 0 N–H and O–H groups in total. The Balaban J connectivity index is 4.93. The van der Waals surface area contributed by atoms with E-state index in [1.54, 1.807) is 0 Å². The zero-order valence-electron chi connectivity index (χ0n) is 7.09. The van der Waals surface area contributed by atoms with Crippen molar-refractivity contribution in [3.8, 4) is 0 Å². The van der Waals surface area contributed by atoms with Crippen LogP contribution in [-0.4, -0.2) is 7.85 Å². The maximum atomic E-state index is 12.6. The number of hydrogen-bond donors (Lipinski definition) is 0. The lowest BCUT2D eigenvalue weighted by Crippen LogP contribution is -1.91. The topological polar surface area (TPSA) is 0 Å². The zero-order chi connectivity index (χ0) is 9.89. The first-order chi connectivity index (χ1) is 5.37. The fourth-order valence-electron chi connectivity index (χ4n) is 0.510. The summed E-state index contributed by atoms with van der Waals surface area (Å²) in [7, 11) is 1.34. The molecule has 0 radical (unpaired) electrons. The highest BCUT2D eigenvalue weighted by Gasteiger charge is 2.16. The van der Waals surface area contributed by atoms with Crippen LogP contribution in [0.15, 0.2) is 23.3 Å². The van der Waals surface area contributed by atoms with Crippen LogP contribution in [0, 0.1) is 0 Å². The average Bonchev–Trinajstić information content (AvgIpc) is 2.00. The Morgan fingerprint density at radius 1 is 1.08 bits per heavy atom. The molecule has 0 aromatic rings. The van der Waals surface area contributed by atoms with Crippen molar-refractivity contribution in [2.24, 2.45) is 0 Å². The van der Waals surface area contributed by atoms with Crippen molar-refractivity contribution in [1.82, 2.24) is 0 Å². The van der Waals surface area contributed by atoms with E-state index in [1.807, 2.05) is 0 Å². The Morgan fingerprint density at radius 3 is 1.75 bits per heavy atom. The van der Waals surface area contributed by atoms with Gasteiger partial charge < -0.3 is 0 Å². The quantitative estimate of drug-likeness (QED) is 0.348. The second-order valence-corrected chi connectivity index (χ2v) is 2.66. The molecule has 0 rings (SSSR count). The minimum Gasteiger partial charge on any atom is -0.209 e. The van der Waals surface area contributed by atoms with Gasteiger partial charge in [0.25, 0.3) is 0 Å². The van der Waals surface area contributed by atoms with E-state index in [1.165, 1.54) is 14.8 Å². The van der Waals surface area contributed by atoms with E-state index in [0.29, 0.717) is 0 Å². The predicted octanol–water partition coefficient (Wildman–Crippen LogP) is 2.75. The first kappa shape index (κ1) is 11.3. The van der Waals surface area contributed by atoms with Crippen LogP contribution in [0.25, 0.3) is 0 Å². The molecule has 1 unspecified atom stereocenters. The Hall–Kier alpha value is -0.735. The average molecular weight is 180 g/mol. The maximum absolute atomic E-state index is 12.6. The Kier molecular flexibility index (Phi) is 4.06. The van der Waals surface area contributed by atoms with E-state index >= 15 is 0 Å². The third-order valence-corrected chi connectivity index (χ3v) is 1.21. The molecule has 0 amide bonds. The van der Waals surface area contributed by atoms with E-state index < -0.39 is 29.1 Å². The normalized spacial score (nSPS) is 18.2. The molecule has 0 aliphatic carbocycles. The first-order valence-electron chi connectivity index (χ1n) is 3.45. The van der Waals surface area contributed by atoms with E-state index in [0.717, 1.165) is 6.92 Å². The molecule has 0 heterocycles. The van der Waals surface area contributed by atoms with E-state index in [4.69, 9.17) is 0 Å². The van der Waals surface area contributed by atoms with Gasteiger partial charge in [0.15, 0.2) is 11.7 Å². The van der Waals surface area contributed by atoms with Crippen LogP contribution < -0.4 is 0 Å². The number of halogens is 4. The van der Waals surface area contributed by atoms with E-state index in [-0.39, 0.29) is 0 Å². The molecule has 0 fully saturated rings. The van der Waals surface area contributed by atoms with Crippen LogP contribution in [0.4, 0.5) is 17.6 Å². The van der Waals surface area contributed by atoms with Crippen molar-refractivity contribution in [3.05, 3.63) is 23.3 Å². The minimum absolute atomic E-state index is 0.725. The van der Waals surface area contributed by atoms with Crippen molar-refractivity contribution < 1.29 is 17.6 Å². The fourth-order valence-corrected chi connectivity index (χ4v) is 0.510. The summed E-state index contributed by atoms with van der Waals surface area (Å²) in [5.74, 6) is -6.92. The summed E-state index contributed by atoms with van der Waals surface area (Å²) < 4.78 is 49.5. The van der Waals surface area contributed by atoms with Crippen LogP contribution in [0.5, 0.6) is 0 Å². The molecular formula is C7H9BF4. The van der Waals surface area contributed by atoms with Crippen LogP contribution in [-0.2, 0) is 0 Å². The summed E-state index contributed by atoms with van der Waals surface area (Å²) in [6.07, 6.45) is 0. The maximum Gasteiger partial charge on any atom is 0.192 e. The lowest BCUT2D eigenvalue weighted by molar-refractivity contribution is 0.456. The molecule has 12 heavy (non-hydrogen) atoms. The van der Waals surface area contributed by atoms with Crippen LogP contribution in [0.1, 0.15) is 13.8 Å². The summed E-state index contributed by atoms with van der Waals surface area (Å²) in [5, 5.41) is 0. The predicted molar refractivity (Wildman–Crippen MR) is 42.1 cm³/mol. The van der Waals surface area contributed by atoms with Gasteiger partial charge in [-0.05, 0) is 12.7 Å². The van der Waals surface area contributed by atoms with Crippen LogP contribution in [0.3, 0.4) is 0 Å². The molecule has 0 aliphatic heterocycles. The molecule has 0 aromatic carbocycles. The summed E-state index contributed by atoms with van der Waals surface area (Å²) in [5.41, 5.74) is 0.